The Balaban J connectivity index is 1.54. The second kappa shape index (κ2) is 12.0. The van der Waals surface area contributed by atoms with Crippen molar-refractivity contribution < 1.29 is 32.3 Å². The monoisotopic (exact) mass is 543 g/mol. The molecule has 2 aliphatic rings. The summed E-state index contributed by atoms with van der Waals surface area (Å²) in [6.07, 6.45) is 1.18. The Kier molecular flexibility index (Phi) is 8.74. The van der Waals surface area contributed by atoms with Crippen molar-refractivity contribution in [1.29, 1.82) is 0 Å². The summed E-state index contributed by atoms with van der Waals surface area (Å²) in [5.74, 6) is -4.57. The smallest absolute Gasteiger partial charge is 0.427 e. The molecule has 0 aromatic heterocycles. The number of nitrogens with zero attached hydrogens (tertiary/aromatic N) is 1. The molecule has 0 saturated heterocycles. The fourth-order valence-corrected chi connectivity index (χ4v) is 5.20. The average Bonchev–Trinajstić information content (AvgIpc) is 3.61. The molecule has 1 heterocycles. The Hall–Kier alpha value is -3.66. The molecule has 0 spiro atoms. The summed E-state index contributed by atoms with van der Waals surface area (Å²) in [6.45, 7) is 0.518. The van der Waals surface area contributed by atoms with E-state index in [1.807, 2.05) is 54.6 Å². The van der Waals surface area contributed by atoms with E-state index in [-0.39, 0.29) is 5.91 Å². The van der Waals surface area contributed by atoms with E-state index >= 15 is 0 Å². The Morgan fingerprint density at radius 3 is 2.41 bits per heavy atom. The van der Waals surface area contributed by atoms with E-state index in [1.54, 1.807) is 4.90 Å². The molecule has 0 bridgehead atoms. The fraction of sp³-hybridized carbons (Fsp3) is 0.414. The van der Waals surface area contributed by atoms with Gasteiger partial charge in [0.15, 0.2) is 0 Å². The van der Waals surface area contributed by atoms with Crippen LogP contribution in [0.4, 0.5) is 18.9 Å². The summed E-state index contributed by atoms with van der Waals surface area (Å²) in [6, 6.07) is 16.3. The molecular formula is C29H32F3N3O4. The quantitative estimate of drug-likeness (QED) is 0.281. The number of nitrogens with one attached hydrogen (secondary N) is 1. The number of nitrogens with two attached hydrogens (primary N) is 1. The molecule has 39 heavy (non-hydrogen) atoms. The first kappa shape index (κ1) is 28.4. The first-order valence-corrected chi connectivity index (χ1v) is 13.1. The fourth-order valence-electron chi connectivity index (χ4n) is 5.20. The minimum absolute atomic E-state index is 0.280. The zero-order valence-corrected chi connectivity index (χ0v) is 21.5. The lowest BCUT2D eigenvalue weighted by Crippen LogP contribution is -2.63. The number of rotatable bonds is 9. The summed E-state index contributed by atoms with van der Waals surface area (Å²) in [7, 11) is 0. The number of ether oxygens (including phenoxy) is 1. The van der Waals surface area contributed by atoms with Crippen molar-refractivity contribution in [2.45, 2.75) is 62.9 Å². The number of amides is 2. The summed E-state index contributed by atoms with van der Waals surface area (Å²) in [4.78, 5) is 39.8. The third-order valence-electron chi connectivity index (χ3n) is 7.34. The van der Waals surface area contributed by atoms with Crippen LogP contribution in [-0.2, 0) is 32.0 Å². The van der Waals surface area contributed by atoms with Crippen LogP contribution in [0.5, 0.6) is 0 Å². The number of benzene rings is 2. The minimum Gasteiger partial charge on any atom is -0.427 e. The van der Waals surface area contributed by atoms with Crippen molar-refractivity contribution in [3.8, 4) is 0 Å². The van der Waals surface area contributed by atoms with Gasteiger partial charge in [0, 0.05) is 30.3 Å². The van der Waals surface area contributed by atoms with Gasteiger partial charge in [-0.05, 0) is 49.3 Å². The van der Waals surface area contributed by atoms with Gasteiger partial charge in [-0.1, -0.05) is 67.4 Å². The minimum atomic E-state index is -5.30. The molecule has 1 saturated carbocycles. The van der Waals surface area contributed by atoms with Crippen LogP contribution in [-0.4, -0.2) is 42.3 Å². The maximum Gasteiger partial charge on any atom is 0.491 e. The summed E-state index contributed by atoms with van der Waals surface area (Å²) in [5, 5.41) is 2.66. The number of hydrogen-bond acceptors (Lipinski definition) is 5. The number of carbonyl (C=O) groups excluding carboxylic acids is 3. The Morgan fingerprint density at radius 1 is 1.05 bits per heavy atom. The molecule has 0 unspecified atom stereocenters. The van der Waals surface area contributed by atoms with E-state index in [2.05, 4.69) is 10.1 Å². The number of hydrogen-bond donors (Lipinski definition) is 2. The van der Waals surface area contributed by atoms with Gasteiger partial charge in [-0.15, -0.1) is 0 Å². The molecule has 1 aliphatic heterocycles. The predicted molar refractivity (Wildman–Crippen MR) is 139 cm³/mol. The number of alkyl halides is 3. The second-order valence-electron chi connectivity index (χ2n) is 9.99. The van der Waals surface area contributed by atoms with E-state index in [1.165, 1.54) is 12.2 Å². The maximum atomic E-state index is 13.4. The van der Waals surface area contributed by atoms with Crippen molar-refractivity contribution in [2.75, 3.05) is 11.4 Å². The van der Waals surface area contributed by atoms with Gasteiger partial charge >= 0.3 is 12.1 Å². The summed E-state index contributed by atoms with van der Waals surface area (Å²) in [5.41, 5.74) is 6.52. The number of halogens is 3. The largest absolute Gasteiger partial charge is 0.491 e. The van der Waals surface area contributed by atoms with E-state index < -0.39 is 35.7 Å². The first-order chi connectivity index (χ1) is 18.6. The highest BCUT2D eigenvalue weighted by atomic mass is 19.4. The van der Waals surface area contributed by atoms with Gasteiger partial charge in [-0.2, -0.15) is 13.2 Å². The van der Waals surface area contributed by atoms with Crippen LogP contribution in [0, 0.1) is 5.92 Å². The lowest BCUT2D eigenvalue weighted by atomic mass is 9.92. The van der Waals surface area contributed by atoms with Gasteiger partial charge in [0.05, 0.1) is 0 Å². The van der Waals surface area contributed by atoms with E-state index in [9.17, 15) is 27.6 Å². The lowest BCUT2D eigenvalue weighted by molar-refractivity contribution is -0.218. The molecule has 0 radical (unpaired) electrons. The van der Waals surface area contributed by atoms with Crippen molar-refractivity contribution in [1.82, 2.24) is 5.32 Å². The number of anilines is 1. The van der Waals surface area contributed by atoms with Gasteiger partial charge in [-0.25, -0.2) is 4.79 Å². The van der Waals surface area contributed by atoms with Gasteiger partial charge in [0.25, 0.3) is 11.8 Å². The zero-order valence-electron chi connectivity index (χ0n) is 21.5. The van der Waals surface area contributed by atoms with Gasteiger partial charge < -0.3 is 15.0 Å². The van der Waals surface area contributed by atoms with Crippen molar-refractivity contribution in [3.63, 3.8) is 0 Å². The van der Waals surface area contributed by atoms with Gasteiger partial charge in [-0.3, -0.25) is 15.3 Å². The highest BCUT2D eigenvalue weighted by Gasteiger charge is 2.52. The molecule has 208 valence electrons. The van der Waals surface area contributed by atoms with Crippen molar-refractivity contribution >= 4 is 23.5 Å². The molecule has 2 aromatic rings. The normalized spacial score (nSPS) is 18.0. The predicted octanol–water partition coefficient (Wildman–Crippen LogP) is 4.20. The molecule has 2 atom stereocenters. The number of esters is 1. The molecule has 10 heteroatoms. The average molecular weight is 544 g/mol. The van der Waals surface area contributed by atoms with E-state index in [4.69, 9.17) is 5.73 Å². The standard InChI is InChI=1S/C29H32F3N3O4/c30-29(31,32)27(38)39-28(33,22-11-5-6-12-22)26(37)34-23(15-14-20-8-2-1-3-9-20)16-17-25(36)35-19-18-21-10-4-7-13-24(21)35/h1-4,7-10,13,16-17,22-23H,5-6,11-12,14-15,18-19,33H2,(H,34,37)/b17-16+/t23-,28-/m0/s1. The second-order valence-corrected chi connectivity index (χ2v) is 9.99. The van der Waals surface area contributed by atoms with E-state index in [0.29, 0.717) is 45.1 Å². The Morgan fingerprint density at radius 2 is 1.72 bits per heavy atom. The molecule has 7 nitrogen and oxygen atoms in total. The maximum absolute atomic E-state index is 13.4. The van der Waals surface area contributed by atoms with Crippen LogP contribution in [0.25, 0.3) is 0 Å². The third kappa shape index (κ3) is 6.86. The van der Waals surface area contributed by atoms with Crippen LogP contribution in [0.1, 0.15) is 43.2 Å². The molecular weight excluding hydrogens is 511 g/mol. The van der Waals surface area contributed by atoms with Crippen LogP contribution in [0.3, 0.4) is 0 Å². The molecule has 2 amide bonds. The van der Waals surface area contributed by atoms with Crippen LogP contribution in [0.15, 0.2) is 66.7 Å². The number of fused-ring (bicyclic) bond motifs is 1. The van der Waals surface area contributed by atoms with Gasteiger partial charge in [0.2, 0.25) is 5.72 Å². The molecule has 1 aliphatic carbocycles. The molecule has 1 fully saturated rings. The molecule has 2 aromatic carbocycles. The highest BCUT2D eigenvalue weighted by Crippen LogP contribution is 2.35. The Labute approximate surface area is 225 Å². The first-order valence-electron chi connectivity index (χ1n) is 13.1. The molecule has 3 N–H and O–H groups in total. The van der Waals surface area contributed by atoms with Gasteiger partial charge in [0.1, 0.15) is 0 Å². The lowest BCUT2D eigenvalue weighted by Gasteiger charge is -2.34. The number of para-hydroxylation sites is 1. The summed E-state index contributed by atoms with van der Waals surface area (Å²) >= 11 is 0. The highest BCUT2D eigenvalue weighted by molar-refractivity contribution is 6.03. The van der Waals surface area contributed by atoms with Crippen molar-refractivity contribution in [3.05, 3.63) is 77.9 Å². The summed E-state index contributed by atoms with van der Waals surface area (Å²) < 4.78 is 43.8. The van der Waals surface area contributed by atoms with Crippen LogP contribution < -0.4 is 16.0 Å². The van der Waals surface area contributed by atoms with Crippen LogP contribution >= 0.6 is 0 Å². The van der Waals surface area contributed by atoms with Crippen molar-refractivity contribution in [2.24, 2.45) is 11.7 Å². The zero-order chi connectivity index (χ0) is 28.0. The SMILES string of the molecule is N[C@@](OC(=O)C(F)(F)F)(C(=O)N[C@H](/C=C/C(=O)N1CCc2ccccc21)CCc1ccccc1)C1CCCC1. The number of aryl methyl sites for hydroxylation is 1. The number of carbonyl (C=O) groups is 3. The topological polar surface area (TPSA) is 102 Å². The third-order valence-corrected chi connectivity index (χ3v) is 7.34. The van der Waals surface area contributed by atoms with Crippen LogP contribution in [0.2, 0.25) is 0 Å². The Bertz CT molecular complexity index is 1210. The van der Waals surface area contributed by atoms with E-state index in [0.717, 1.165) is 23.2 Å². The molecule has 4 rings (SSSR count).